The van der Waals surface area contributed by atoms with Crippen molar-refractivity contribution in [2.45, 2.75) is 59.3 Å². The summed E-state index contributed by atoms with van der Waals surface area (Å²) in [6.07, 6.45) is 1.89. The molecule has 0 saturated carbocycles. The molecule has 2 aromatic heterocycles. The molecule has 0 atom stereocenters. The fraction of sp³-hybridized carbons (Fsp3) is 0.176. The molecule has 0 bridgehead atoms. The van der Waals surface area contributed by atoms with Gasteiger partial charge in [0, 0.05) is 38.6 Å². The molecule has 0 spiro atoms. The van der Waals surface area contributed by atoms with Gasteiger partial charge in [-0.2, -0.15) is 0 Å². The summed E-state index contributed by atoms with van der Waals surface area (Å²) in [6, 6.07) is 52.2. The van der Waals surface area contributed by atoms with Crippen LogP contribution < -0.4 is 0 Å². The largest absolute Gasteiger partial charge is 0.507 e. The zero-order valence-electron chi connectivity index (χ0n) is 33.0. The SMILES string of the molecule is Cc1ccc(-c2ccnc(-c3[c-]c(-c4cccc5c4nc(-c4ccccc4O)n5-c4cc(-c5ccccc5)cc(C(C)(C)C)c4)cc(C(C)(C)C)c3)c2)cc1.[Pt]. The van der Waals surface area contributed by atoms with Crippen LogP contribution in [0.4, 0.5) is 0 Å². The van der Waals surface area contributed by atoms with Crippen molar-refractivity contribution in [1.82, 2.24) is 14.5 Å². The van der Waals surface area contributed by atoms with Crippen LogP contribution in [0.3, 0.4) is 0 Å². The van der Waals surface area contributed by atoms with Gasteiger partial charge in [-0.1, -0.05) is 149 Å². The first-order valence-corrected chi connectivity index (χ1v) is 19.0. The number of pyridine rings is 1. The fourth-order valence-corrected chi connectivity index (χ4v) is 7.18. The van der Waals surface area contributed by atoms with Crippen LogP contribution in [0.2, 0.25) is 0 Å². The van der Waals surface area contributed by atoms with Crippen LogP contribution in [-0.4, -0.2) is 19.6 Å². The average molecular weight is 912 g/mol. The van der Waals surface area contributed by atoms with Gasteiger partial charge in [0.2, 0.25) is 0 Å². The Morgan fingerprint density at radius 2 is 1.21 bits per heavy atom. The monoisotopic (exact) mass is 911 g/mol. The first-order chi connectivity index (χ1) is 26.3. The van der Waals surface area contributed by atoms with Crippen LogP contribution in [0, 0.1) is 13.0 Å². The molecule has 4 nitrogen and oxygen atoms in total. The Bertz CT molecular complexity index is 2680. The van der Waals surface area contributed by atoms with Gasteiger partial charge in [-0.3, -0.25) is 9.55 Å². The van der Waals surface area contributed by atoms with E-state index in [2.05, 4.69) is 168 Å². The Morgan fingerprint density at radius 3 is 1.93 bits per heavy atom. The second kappa shape index (κ2) is 15.2. The Balaban J connectivity index is 0.00000480. The molecule has 56 heavy (non-hydrogen) atoms. The average Bonchev–Trinajstić information content (AvgIpc) is 3.57. The molecule has 2 heterocycles. The van der Waals surface area contributed by atoms with E-state index < -0.39 is 0 Å². The predicted molar refractivity (Wildman–Crippen MR) is 229 cm³/mol. The van der Waals surface area contributed by atoms with Crippen molar-refractivity contribution in [3.63, 3.8) is 0 Å². The van der Waals surface area contributed by atoms with Gasteiger partial charge in [-0.25, -0.2) is 4.98 Å². The number of para-hydroxylation sites is 2. The molecule has 0 aliphatic rings. The Hall–Kier alpha value is -5.57. The van der Waals surface area contributed by atoms with Crippen LogP contribution in [0.15, 0.2) is 146 Å². The van der Waals surface area contributed by atoms with Crippen LogP contribution in [0.1, 0.15) is 58.2 Å². The molecule has 0 fully saturated rings. The maximum atomic E-state index is 11.3. The number of hydrogen-bond donors (Lipinski definition) is 1. The molecule has 6 aromatic carbocycles. The number of rotatable bonds is 6. The normalized spacial score (nSPS) is 11.8. The maximum absolute atomic E-state index is 11.3. The fourth-order valence-electron chi connectivity index (χ4n) is 7.18. The molecule has 1 N–H and O–H groups in total. The number of aromatic nitrogens is 3. The van der Waals surface area contributed by atoms with E-state index in [4.69, 9.17) is 9.97 Å². The van der Waals surface area contributed by atoms with Gasteiger partial charge >= 0.3 is 0 Å². The molecular formula is C51H46N3OPt-. The van der Waals surface area contributed by atoms with E-state index in [-0.39, 0.29) is 37.6 Å². The predicted octanol–water partition coefficient (Wildman–Crippen LogP) is 13.2. The van der Waals surface area contributed by atoms with Gasteiger partial charge in [-0.05, 0) is 82.0 Å². The number of aryl methyl sites for hydroxylation is 1. The molecule has 5 heteroatoms. The third-order valence-electron chi connectivity index (χ3n) is 10.4. The van der Waals surface area contributed by atoms with Crippen molar-refractivity contribution in [3.05, 3.63) is 168 Å². The minimum Gasteiger partial charge on any atom is -0.507 e. The van der Waals surface area contributed by atoms with Crippen molar-refractivity contribution in [2.24, 2.45) is 0 Å². The van der Waals surface area contributed by atoms with E-state index in [1.807, 2.05) is 30.5 Å². The molecule has 0 radical (unpaired) electrons. The third kappa shape index (κ3) is 7.64. The van der Waals surface area contributed by atoms with Crippen molar-refractivity contribution in [2.75, 3.05) is 0 Å². The summed E-state index contributed by atoms with van der Waals surface area (Å²) in [7, 11) is 0. The molecule has 0 saturated heterocycles. The van der Waals surface area contributed by atoms with Gasteiger partial charge in [0.05, 0.1) is 16.6 Å². The molecular weight excluding hydrogens is 866 g/mol. The number of nitrogens with zero attached hydrogens (tertiary/aromatic N) is 3. The van der Waals surface area contributed by atoms with Crippen molar-refractivity contribution in [3.8, 4) is 67.5 Å². The van der Waals surface area contributed by atoms with E-state index in [0.29, 0.717) is 11.4 Å². The first kappa shape index (κ1) is 38.7. The van der Waals surface area contributed by atoms with Gasteiger partial charge < -0.3 is 5.11 Å². The number of hydrogen-bond acceptors (Lipinski definition) is 3. The number of phenols is 1. The number of benzene rings is 6. The number of phenolic OH excluding ortho intramolecular Hbond substituents is 1. The molecule has 0 aliphatic carbocycles. The summed E-state index contributed by atoms with van der Waals surface area (Å²) in [4.78, 5) is 10.3. The van der Waals surface area contributed by atoms with Crippen LogP contribution in [-0.2, 0) is 31.9 Å². The zero-order valence-corrected chi connectivity index (χ0v) is 35.2. The Morgan fingerprint density at radius 1 is 0.571 bits per heavy atom. The Labute approximate surface area is 345 Å². The van der Waals surface area contributed by atoms with E-state index >= 15 is 0 Å². The van der Waals surface area contributed by atoms with Crippen molar-refractivity contribution < 1.29 is 26.2 Å². The molecule has 0 amide bonds. The van der Waals surface area contributed by atoms with E-state index in [1.54, 1.807) is 6.07 Å². The number of aromatic hydroxyl groups is 1. The summed E-state index contributed by atoms with van der Waals surface area (Å²) < 4.78 is 2.21. The van der Waals surface area contributed by atoms with Gasteiger partial charge in [-0.15, -0.1) is 29.3 Å². The topological polar surface area (TPSA) is 50.9 Å². The molecule has 0 unspecified atom stereocenters. The summed E-state index contributed by atoms with van der Waals surface area (Å²) in [5, 5.41) is 11.3. The minimum absolute atomic E-state index is 0. The second-order valence-electron chi connectivity index (χ2n) is 16.6. The minimum atomic E-state index is -0.136. The summed E-state index contributed by atoms with van der Waals surface area (Å²) in [5.41, 5.74) is 15.0. The van der Waals surface area contributed by atoms with E-state index in [0.717, 1.165) is 61.4 Å². The van der Waals surface area contributed by atoms with Crippen molar-refractivity contribution >= 4 is 11.0 Å². The summed E-state index contributed by atoms with van der Waals surface area (Å²) in [6.45, 7) is 15.6. The summed E-state index contributed by atoms with van der Waals surface area (Å²) in [5.74, 6) is 0.851. The molecule has 8 rings (SSSR count). The summed E-state index contributed by atoms with van der Waals surface area (Å²) >= 11 is 0. The number of fused-ring (bicyclic) bond motifs is 1. The molecule has 8 aromatic rings. The Kier molecular flexibility index (Phi) is 10.5. The first-order valence-electron chi connectivity index (χ1n) is 19.0. The van der Waals surface area contributed by atoms with Crippen LogP contribution in [0.25, 0.3) is 72.7 Å². The van der Waals surface area contributed by atoms with Crippen LogP contribution >= 0.6 is 0 Å². The van der Waals surface area contributed by atoms with E-state index in [1.165, 1.54) is 16.7 Å². The van der Waals surface area contributed by atoms with Gasteiger partial charge in [0.15, 0.2) is 0 Å². The quantitative estimate of drug-likeness (QED) is 0.169. The molecule has 282 valence electrons. The van der Waals surface area contributed by atoms with Crippen LogP contribution in [0.5, 0.6) is 5.75 Å². The smallest absolute Gasteiger partial charge is 0.148 e. The zero-order chi connectivity index (χ0) is 38.5. The van der Waals surface area contributed by atoms with Gasteiger partial charge in [0.25, 0.3) is 0 Å². The third-order valence-corrected chi connectivity index (χ3v) is 10.4. The van der Waals surface area contributed by atoms with Gasteiger partial charge in [0.1, 0.15) is 11.6 Å². The number of imidazole rings is 1. The standard InChI is InChI=1S/C51H46N3O.Pt/c1-33-20-22-35(23-21-33)36-24-25-52-45(31-36)39-26-38(28-40(29-39)50(2,3)4)43-17-13-18-46-48(43)53-49(44-16-11-12-19-47(44)55)54(46)42-30-37(34-14-9-8-10-15-34)27-41(32-42)51(5,6)7;/h8-25,27-32,55H,1-7H3;/q-1;. The van der Waals surface area contributed by atoms with Crippen molar-refractivity contribution in [1.29, 1.82) is 0 Å². The second-order valence-corrected chi connectivity index (χ2v) is 16.6. The van der Waals surface area contributed by atoms with E-state index in [9.17, 15) is 5.11 Å². The maximum Gasteiger partial charge on any atom is 0.148 e. The molecule has 0 aliphatic heterocycles.